The summed E-state index contributed by atoms with van der Waals surface area (Å²) < 4.78 is 5.92. The van der Waals surface area contributed by atoms with Gasteiger partial charge < -0.3 is 30.9 Å². The number of nitrogens with zero attached hydrogens (tertiary/aromatic N) is 2. The summed E-state index contributed by atoms with van der Waals surface area (Å²) in [7, 11) is 0. The molecule has 3 aromatic carbocycles. The molecule has 2 saturated carbocycles. The fourth-order valence-corrected chi connectivity index (χ4v) is 7.73. The Morgan fingerprint density at radius 3 is 2.25 bits per heavy atom. The van der Waals surface area contributed by atoms with E-state index in [0.29, 0.717) is 37.3 Å². The van der Waals surface area contributed by atoms with E-state index in [2.05, 4.69) is 10.6 Å². The van der Waals surface area contributed by atoms with Crippen LogP contribution in [0.5, 0.6) is 5.75 Å². The smallest absolute Gasteiger partial charge is 0.410 e. The van der Waals surface area contributed by atoms with E-state index in [1.807, 2.05) is 60.7 Å². The first-order valence-electron chi connectivity index (χ1n) is 18.0. The first-order chi connectivity index (χ1) is 23.5. The Bertz CT molecular complexity index is 1510. The number of nitrogens with two attached hydrogens (primary N) is 1. The third-order valence-electron chi connectivity index (χ3n) is 10.5. The average Bonchev–Trinajstić information content (AvgIpc) is 3.14. The highest BCUT2D eigenvalue weighted by atomic mass is 16.6. The number of benzene rings is 3. The lowest BCUT2D eigenvalue weighted by molar-refractivity contribution is -0.145. The van der Waals surface area contributed by atoms with Crippen molar-refractivity contribution >= 4 is 28.7 Å². The van der Waals surface area contributed by atoms with Gasteiger partial charge in [0.1, 0.15) is 11.8 Å². The Balaban J connectivity index is 1.21. The Morgan fingerprint density at radius 1 is 0.812 bits per heavy atom. The highest BCUT2D eigenvalue weighted by Gasteiger charge is 2.41. The third-order valence-corrected chi connectivity index (χ3v) is 10.5. The van der Waals surface area contributed by atoms with E-state index in [1.165, 1.54) is 38.5 Å². The summed E-state index contributed by atoms with van der Waals surface area (Å²) in [4.78, 5) is 45.4. The van der Waals surface area contributed by atoms with Gasteiger partial charge in [-0.2, -0.15) is 0 Å². The van der Waals surface area contributed by atoms with Crippen LogP contribution in [0.4, 0.5) is 4.79 Å². The standard InChI is InChI=1S/C39H51N5O4/c40-25-29-18-20-30(21-19-29)26-41-37(45)35-27-43(39(47)48-36-17-9-13-31-12-7-8-16-33(31)36)22-23-44(35)38(46)34(24-28-10-3-1-4-11-28)42-32-14-5-2-6-15-32/h7-9,12-13,16-21,28,32,34-35,42H,1-6,10-11,14-15,22-27,40H2,(H,41,45)/t34-,35+/m1/s1. The number of nitrogens with one attached hydrogen (secondary N) is 2. The normalized spacial score (nSPS) is 20.0. The second kappa shape index (κ2) is 16.4. The third kappa shape index (κ3) is 8.55. The number of hydrogen-bond acceptors (Lipinski definition) is 6. The Hall–Kier alpha value is -3.95. The monoisotopic (exact) mass is 653 g/mol. The van der Waals surface area contributed by atoms with Crippen molar-refractivity contribution < 1.29 is 19.1 Å². The molecule has 48 heavy (non-hydrogen) atoms. The van der Waals surface area contributed by atoms with Crippen molar-refractivity contribution in [1.29, 1.82) is 0 Å². The minimum atomic E-state index is -0.836. The van der Waals surface area contributed by atoms with Gasteiger partial charge in [0.2, 0.25) is 11.8 Å². The summed E-state index contributed by atoms with van der Waals surface area (Å²) in [6, 6.07) is 20.3. The van der Waals surface area contributed by atoms with Crippen molar-refractivity contribution in [3.8, 4) is 5.75 Å². The molecule has 3 fully saturated rings. The van der Waals surface area contributed by atoms with Crippen LogP contribution in [0.25, 0.3) is 10.8 Å². The summed E-state index contributed by atoms with van der Waals surface area (Å²) in [6.07, 6.45) is 12.0. The van der Waals surface area contributed by atoms with E-state index >= 15 is 0 Å². The highest BCUT2D eigenvalue weighted by molar-refractivity contribution is 5.92. The SMILES string of the molecule is NCc1ccc(CNC(=O)[C@@H]2CN(C(=O)Oc3cccc4ccccc34)CCN2C(=O)[C@@H](CC2CCCCC2)NC2CCCCC2)cc1. The Morgan fingerprint density at radius 2 is 1.50 bits per heavy atom. The van der Waals surface area contributed by atoms with Crippen molar-refractivity contribution in [1.82, 2.24) is 20.4 Å². The topological polar surface area (TPSA) is 117 Å². The van der Waals surface area contributed by atoms with Crippen LogP contribution >= 0.6 is 0 Å². The van der Waals surface area contributed by atoms with E-state index in [9.17, 15) is 14.4 Å². The van der Waals surface area contributed by atoms with Crippen LogP contribution in [0, 0.1) is 5.92 Å². The number of carbonyl (C=O) groups excluding carboxylic acids is 3. The molecular formula is C39H51N5O4. The van der Waals surface area contributed by atoms with Crippen molar-refractivity contribution in [2.75, 3.05) is 19.6 Å². The number of piperazine rings is 1. The molecule has 0 bridgehead atoms. The molecule has 0 spiro atoms. The quantitative estimate of drug-likeness (QED) is 0.251. The second-order valence-electron chi connectivity index (χ2n) is 13.9. The van der Waals surface area contributed by atoms with Gasteiger partial charge in [-0.15, -0.1) is 0 Å². The van der Waals surface area contributed by atoms with Gasteiger partial charge in [-0.3, -0.25) is 9.59 Å². The number of carbonyl (C=O) groups is 3. The van der Waals surface area contributed by atoms with Crippen molar-refractivity contribution in [3.63, 3.8) is 0 Å². The molecular weight excluding hydrogens is 602 g/mol. The number of amides is 3. The molecule has 9 nitrogen and oxygen atoms in total. The number of hydrogen-bond donors (Lipinski definition) is 3. The van der Waals surface area contributed by atoms with Crippen molar-refractivity contribution in [3.05, 3.63) is 77.9 Å². The van der Waals surface area contributed by atoms with Crippen molar-refractivity contribution in [2.45, 2.75) is 102 Å². The van der Waals surface area contributed by atoms with Gasteiger partial charge in [0.15, 0.2) is 0 Å². The van der Waals surface area contributed by atoms with E-state index in [4.69, 9.17) is 10.5 Å². The maximum Gasteiger partial charge on any atom is 0.415 e. The largest absolute Gasteiger partial charge is 0.415 e. The van der Waals surface area contributed by atoms with Gasteiger partial charge in [-0.1, -0.05) is 112 Å². The van der Waals surface area contributed by atoms with Gasteiger partial charge in [0, 0.05) is 37.6 Å². The maximum atomic E-state index is 14.6. The summed E-state index contributed by atoms with van der Waals surface area (Å²) in [5, 5.41) is 8.66. The zero-order valence-corrected chi connectivity index (χ0v) is 28.1. The Labute approximate surface area is 284 Å². The lowest BCUT2D eigenvalue weighted by atomic mass is 9.83. The van der Waals surface area contributed by atoms with Gasteiger partial charge in [0.25, 0.3) is 0 Å². The number of rotatable bonds is 10. The van der Waals surface area contributed by atoms with Crippen LogP contribution < -0.4 is 21.1 Å². The lowest BCUT2D eigenvalue weighted by Crippen LogP contribution is -2.64. The van der Waals surface area contributed by atoms with Gasteiger partial charge in [-0.05, 0) is 47.8 Å². The fraction of sp³-hybridized carbons (Fsp3) is 0.513. The molecule has 256 valence electrons. The minimum Gasteiger partial charge on any atom is -0.410 e. The second-order valence-corrected chi connectivity index (χ2v) is 13.9. The van der Waals surface area contributed by atoms with Crippen LogP contribution in [0.3, 0.4) is 0 Å². The summed E-state index contributed by atoms with van der Waals surface area (Å²) in [5.74, 6) is 0.677. The number of ether oxygens (including phenoxy) is 1. The lowest BCUT2D eigenvalue weighted by Gasteiger charge is -2.42. The molecule has 2 aliphatic carbocycles. The first-order valence-corrected chi connectivity index (χ1v) is 18.0. The highest BCUT2D eigenvalue weighted by Crippen LogP contribution is 2.30. The minimum absolute atomic E-state index is 0.0272. The molecule has 0 radical (unpaired) electrons. The molecule has 0 unspecified atom stereocenters. The van der Waals surface area contributed by atoms with Crippen LogP contribution in [-0.2, 0) is 22.7 Å². The van der Waals surface area contributed by atoms with Crippen LogP contribution in [0.1, 0.15) is 81.8 Å². The van der Waals surface area contributed by atoms with E-state index in [0.717, 1.165) is 54.0 Å². The molecule has 1 heterocycles. The first kappa shape index (κ1) is 33.9. The van der Waals surface area contributed by atoms with E-state index in [1.54, 1.807) is 15.9 Å². The summed E-state index contributed by atoms with van der Waals surface area (Å²) >= 11 is 0. The predicted octanol–water partition coefficient (Wildman–Crippen LogP) is 5.89. The zero-order chi connectivity index (χ0) is 33.3. The summed E-state index contributed by atoms with van der Waals surface area (Å²) in [5.41, 5.74) is 7.72. The Kier molecular flexibility index (Phi) is 11.6. The van der Waals surface area contributed by atoms with Crippen LogP contribution in [0.15, 0.2) is 66.7 Å². The molecule has 3 amide bonds. The molecule has 3 aliphatic rings. The molecule has 4 N–H and O–H groups in total. The van der Waals surface area contributed by atoms with E-state index < -0.39 is 12.1 Å². The summed E-state index contributed by atoms with van der Waals surface area (Å²) in [6.45, 7) is 1.38. The van der Waals surface area contributed by atoms with Crippen LogP contribution in [-0.4, -0.2) is 65.5 Å². The van der Waals surface area contributed by atoms with Gasteiger partial charge >= 0.3 is 6.09 Å². The predicted molar refractivity (Wildman–Crippen MR) is 188 cm³/mol. The molecule has 6 rings (SSSR count). The maximum absolute atomic E-state index is 14.6. The van der Waals surface area contributed by atoms with Gasteiger partial charge in [-0.25, -0.2) is 4.79 Å². The van der Waals surface area contributed by atoms with Crippen LogP contribution in [0.2, 0.25) is 0 Å². The molecule has 3 aromatic rings. The van der Waals surface area contributed by atoms with E-state index in [-0.39, 0.29) is 30.9 Å². The molecule has 0 aromatic heterocycles. The molecule has 1 saturated heterocycles. The zero-order valence-electron chi connectivity index (χ0n) is 28.1. The van der Waals surface area contributed by atoms with Crippen molar-refractivity contribution in [2.24, 2.45) is 11.7 Å². The molecule has 2 atom stereocenters. The number of fused-ring (bicyclic) bond motifs is 1. The average molecular weight is 654 g/mol. The molecule has 1 aliphatic heterocycles. The molecule has 9 heteroatoms. The fourth-order valence-electron chi connectivity index (χ4n) is 7.73. The van der Waals surface area contributed by atoms with Gasteiger partial charge in [0.05, 0.1) is 12.6 Å².